The van der Waals surface area contributed by atoms with Gasteiger partial charge in [0, 0.05) is 6.04 Å². The van der Waals surface area contributed by atoms with Crippen molar-refractivity contribution in [2.45, 2.75) is 103 Å². The molecule has 0 saturated heterocycles. The van der Waals surface area contributed by atoms with Crippen LogP contribution in [0, 0.1) is 17.8 Å². The number of unbranched alkanes of at least 4 members (excludes halogenated alkanes) is 7. The second-order valence-corrected chi connectivity index (χ2v) is 7.77. The topological polar surface area (TPSA) is 12.0 Å². The summed E-state index contributed by atoms with van der Waals surface area (Å²) in [6.07, 6.45) is 19.2. The summed E-state index contributed by atoms with van der Waals surface area (Å²) in [6.45, 7) is 5.75. The van der Waals surface area contributed by atoms with Gasteiger partial charge in [0.2, 0.25) is 0 Å². The monoisotopic (exact) mass is 293 g/mol. The van der Waals surface area contributed by atoms with Gasteiger partial charge in [0.1, 0.15) is 0 Å². The fourth-order valence-corrected chi connectivity index (χ4v) is 5.01. The van der Waals surface area contributed by atoms with Crippen LogP contribution in [0.15, 0.2) is 0 Å². The molecule has 4 unspecified atom stereocenters. The first kappa shape index (κ1) is 17.3. The van der Waals surface area contributed by atoms with Crippen molar-refractivity contribution in [1.29, 1.82) is 0 Å². The first-order valence-electron chi connectivity index (χ1n) is 10.1. The molecular weight excluding hydrogens is 254 g/mol. The number of hydrogen-bond donors (Lipinski definition) is 1. The largest absolute Gasteiger partial charge is 0.314 e. The zero-order valence-electron chi connectivity index (χ0n) is 14.7. The predicted octanol–water partition coefficient (Wildman–Crippen LogP) is 5.93. The van der Waals surface area contributed by atoms with E-state index < -0.39 is 0 Å². The Bertz CT molecular complexity index is 263. The van der Waals surface area contributed by atoms with Gasteiger partial charge in [-0.1, -0.05) is 71.6 Å². The van der Waals surface area contributed by atoms with Crippen LogP contribution in [0.5, 0.6) is 0 Å². The van der Waals surface area contributed by atoms with Crippen molar-refractivity contribution in [2.24, 2.45) is 17.8 Å². The molecule has 21 heavy (non-hydrogen) atoms. The van der Waals surface area contributed by atoms with E-state index in [9.17, 15) is 0 Å². The molecule has 0 radical (unpaired) electrons. The molecule has 0 aromatic carbocycles. The molecule has 0 heterocycles. The molecule has 2 fully saturated rings. The third-order valence-corrected chi connectivity index (χ3v) is 6.14. The molecule has 2 saturated carbocycles. The second-order valence-electron chi connectivity index (χ2n) is 7.77. The fourth-order valence-electron chi connectivity index (χ4n) is 5.01. The molecule has 0 aromatic heterocycles. The van der Waals surface area contributed by atoms with Gasteiger partial charge in [-0.25, -0.2) is 0 Å². The minimum absolute atomic E-state index is 0.838. The molecule has 0 aromatic rings. The maximum atomic E-state index is 3.83. The highest BCUT2D eigenvalue weighted by Gasteiger charge is 2.42. The number of nitrogens with one attached hydrogen (secondary N) is 1. The second kappa shape index (κ2) is 9.87. The summed E-state index contributed by atoms with van der Waals surface area (Å²) in [5, 5.41) is 3.83. The molecule has 2 bridgehead atoms. The van der Waals surface area contributed by atoms with Crippen LogP contribution in [0.1, 0.15) is 97.3 Å². The maximum absolute atomic E-state index is 3.83. The summed E-state index contributed by atoms with van der Waals surface area (Å²) in [7, 11) is 0. The zero-order valence-corrected chi connectivity index (χ0v) is 14.7. The van der Waals surface area contributed by atoms with Gasteiger partial charge in [-0.05, 0) is 50.0 Å². The molecule has 124 valence electrons. The average Bonchev–Trinajstić information content (AvgIpc) is 3.11. The molecular formula is C20H39N. The molecule has 2 aliphatic carbocycles. The summed E-state index contributed by atoms with van der Waals surface area (Å²) in [4.78, 5) is 0. The van der Waals surface area contributed by atoms with E-state index in [0.717, 1.165) is 30.3 Å². The Balaban J connectivity index is 1.56. The van der Waals surface area contributed by atoms with Crippen molar-refractivity contribution < 1.29 is 0 Å². The van der Waals surface area contributed by atoms with Crippen LogP contribution in [0.25, 0.3) is 0 Å². The van der Waals surface area contributed by atoms with Crippen LogP contribution >= 0.6 is 0 Å². The van der Waals surface area contributed by atoms with Crippen LogP contribution in [0.4, 0.5) is 0 Å². The minimum Gasteiger partial charge on any atom is -0.314 e. The number of fused-ring (bicyclic) bond motifs is 2. The standard InChI is InChI=1S/C20H39N/c1-3-5-6-7-8-9-10-11-12-20(21-4-2)19-16-17-13-14-18(19)15-17/h17-21H,3-16H2,1-2H3. The van der Waals surface area contributed by atoms with Crippen molar-refractivity contribution >= 4 is 0 Å². The predicted molar refractivity (Wildman–Crippen MR) is 93.6 cm³/mol. The van der Waals surface area contributed by atoms with Crippen molar-refractivity contribution in [3.8, 4) is 0 Å². The zero-order chi connectivity index (χ0) is 14.9. The lowest BCUT2D eigenvalue weighted by atomic mass is 9.81. The first-order chi connectivity index (χ1) is 10.3. The van der Waals surface area contributed by atoms with Crippen LogP contribution in [-0.2, 0) is 0 Å². The van der Waals surface area contributed by atoms with E-state index in [1.165, 1.54) is 70.6 Å². The SMILES string of the molecule is CCCCCCCCCCC(NCC)C1CC2CCC1C2. The molecule has 1 heteroatoms. The molecule has 2 rings (SSSR count). The number of rotatable bonds is 12. The van der Waals surface area contributed by atoms with Crippen LogP contribution in [-0.4, -0.2) is 12.6 Å². The number of hydrogen-bond acceptors (Lipinski definition) is 1. The van der Waals surface area contributed by atoms with Gasteiger partial charge in [0.05, 0.1) is 0 Å². The minimum atomic E-state index is 0.838. The van der Waals surface area contributed by atoms with E-state index >= 15 is 0 Å². The van der Waals surface area contributed by atoms with E-state index in [1.807, 2.05) is 0 Å². The van der Waals surface area contributed by atoms with Crippen molar-refractivity contribution in [3.05, 3.63) is 0 Å². The lowest BCUT2D eigenvalue weighted by Crippen LogP contribution is -2.38. The van der Waals surface area contributed by atoms with Gasteiger partial charge in [-0.3, -0.25) is 0 Å². The Morgan fingerprint density at radius 2 is 1.57 bits per heavy atom. The quantitative estimate of drug-likeness (QED) is 0.440. The third kappa shape index (κ3) is 5.58. The Labute approximate surface area is 133 Å². The highest BCUT2D eigenvalue weighted by molar-refractivity contribution is 4.95. The Kier molecular flexibility index (Phi) is 8.14. The first-order valence-corrected chi connectivity index (χ1v) is 10.1. The van der Waals surface area contributed by atoms with E-state index in [-0.39, 0.29) is 0 Å². The van der Waals surface area contributed by atoms with E-state index in [2.05, 4.69) is 19.2 Å². The Hall–Kier alpha value is -0.0400. The van der Waals surface area contributed by atoms with Crippen molar-refractivity contribution in [1.82, 2.24) is 5.32 Å². The van der Waals surface area contributed by atoms with E-state index in [4.69, 9.17) is 0 Å². The normalized spacial score (nSPS) is 29.1. The van der Waals surface area contributed by atoms with Crippen LogP contribution in [0.3, 0.4) is 0 Å². The van der Waals surface area contributed by atoms with E-state index in [1.54, 1.807) is 12.8 Å². The summed E-state index contributed by atoms with van der Waals surface area (Å²) in [5.74, 6) is 3.20. The van der Waals surface area contributed by atoms with Gasteiger partial charge in [-0.2, -0.15) is 0 Å². The molecule has 1 nitrogen and oxygen atoms in total. The van der Waals surface area contributed by atoms with E-state index in [0.29, 0.717) is 0 Å². The van der Waals surface area contributed by atoms with Gasteiger partial charge >= 0.3 is 0 Å². The average molecular weight is 294 g/mol. The molecule has 0 aliphatic heterocycles. The molecule has 0 spiro atoms. The smallest absolute Gasteiger partial charge is 0.00979 e. The van der Waals surface area contributed by atoms with Gasteiger partial charge in [0.15, 0.2) is 0 Å². The lowest BCUT2D eigenvalue weighted by Gasteiger charge is -2.31. The van der Waals surface area contributed by atoms with Crippen molar-refractivity contribution in [2.75, 3.05) is 6.54 Å². The van der Waals surface area contributed by atoms with Gasteiger partial charge in [0.25, 0.3) is 0 Å². The summed E-state index contributed by atoms with van der Waals surface area (Å²) >= 11 is 0. The highest BCUT2D eigenvalue weighted by Crippen LogP contribution is 2.50. The van der Waals surface area contributed by atoms with Crippen molar-refractivity contribution in [3.63, 3.8) is 0 Å². The molecule has 0 amide bonds. The lowest BCUT2D eigenvalue weighted by molar-refractivity contribution is 0.236. The third-order valence-electron chi connectivity index (χ3n) is 6.14. The Morgan fingerprint density at radius 1 is 0.857 bits per heavy atom. The fraction of sp³-hybridized carbons (Fsp3) is 1.00. The Morgan fingerprint density at radius 3 is 2.14 bits per heavy atom. The summed E-state index contributed by atoms with van der Waals surface area (Å²) < 4.78 is 0. The summed E-state index contributed by atoms with van der Waals surface area (Å²) in [6, 6.07) is 0.838. The molecule has 1 N–H and O–H groups in total. The highest BCUT2D eigenvalue weighted by atomic mass is 14.9. The van der Waals surface area contributed by atoms with Gasteiger partial charge < -0.3 is 5.32 Å². The summed E-state index contributed by atoms with van der Waals surface area (Å²) in [5.41, 5.74) is 0. The molecule has 2 aliphatic rings. The molecule has 4 atom stereocenters. The van der Waals surface area contributed by atoms with Gasteiger partial charge in [-0.15, -0.1) is 0 Å². The van der Waals surface area contributed by atoms with Crippen LogP contribution < -0.4 is 5.32 Å². The van der Waals surface area contributed by atoms with Crippen LogP contribution in [0.2, 0.25) is 0 Å². The maximum Gasteiger partial charge on any atom is 0.00979 e.